The Morgan fingerprint density at radius 1 is 1.45 bits per heavy atom. The van der Waals surface area contributed by atoms with Crippen molar-refractivity contribution in [1.29, 1.82) is 0 Å². The van der Waals surface area contributed by atoms with Crippen LogP contribution in [-0.4, -0.2) is 0 Å². The Morgan fingerprint density at radius 3 is 2.45 bits per heavy atom. The van der Waals surface area contributed by atoms with Gasteiger partial charge >= 0.3 is 0 Å². The molecule has 0 N–H and O–H groups in total. The number of hydrogen-bond donors (Lipinski definition) is 0. The third-order valence-corrected chi connectivity index (χ3v) is 1.40. The predicted molar refractivity (Wildman–Crippen MR) is 41.6 cm³/mol. The predicted octanol–water partition coefficient (Wildman–Crippen LogP) is -1.53. The van der Waals surface area contributed by atoms with Crippen molar-refractivity contribution in [3.63, 3.8) is 0 Å². The van der Waals surface area contributed by atoms with Crippen LogP contribution in [0.15, 0.2) is 37.2 Å². The van der Waals surface area contributed by atoms with Gasteiger partial charge in [0.05, 0.1) is 0 Å². The zero-order chi connectivity index (χ0) is 7.40. The van der Waals surface area contributed by atoms with Crippen LogP contribution >= 0.6 is 0 Å². The summed E-state index contributed by atoms with van der Waals surface area (Å²) < 4.78 is 2.08. The summed E-state index contributed by atoms with van der Waals surface area (Å²) in [6.45, 7) is 6.63. The van der Waals surface area contributed by atoms with Crippen molar-refractivity contribution in [3.8, 4) is 0 Å². The number of hydrogen-bond acceptors (Lipinski definition) is 0. The molecule has 1 rings (SSSR count). The second kappa shape index (κ2) is 4.91. The quantitative estimate of drug-likeness (QED) is 0.374. The summed E-state index contributed by atoms with van der Waals surface area (Å²) in [6.07, 6.45) is 5.99. The number of nitrogens with zero attached hydrogens (tertiary/aromatic N) is 1. The van der Waals surface area contributed by atoms with E-state index in [4.69, 9.17) is 0 Å². The summed E-state index contributed by atoms with van der Waals surface area (Å²) in [5.41, 5.74) is 1.29. The number of aromatic nitrogens is 1. The molecule has 0 aliphatic rings. The molecule has 0 unspecified atom stereocenters. The number of pyridine rings is 1. The Labute approximate surface area is 73.8 Å². The minimum atomic E-state index is 0. The monoisotopic (exact) mass is 169 g/mol. The standard InChI is InChI=1S/C9H12N.ClH/c1-3-6-10-7-4-9(2)5-8-10;/h3-5,7-8H,1,6H2,2H3;1H/q+1;/p-1. The van der Waals surface area contributed by atoms with Gasteiger partial charge in [-0.3, -0.25) is 0 Å². The van der Waals surface area contributed by atoms with E-state index in [0.717, 1.165) is 6.54 Å². The molecule has 0 atom stereocenters. The molecule has 1 aromatic heterocycles. The lowest BCUT2D eigenvalue weighted by Crippen LogP contribution is -3.00. The molecule has 60 valence electrons. The molecule has 0 aliphatic heterocycles. The summed E-state index contributed by atoms with van der Waals surface area (Å²) >= 11 is 0. The van der Waals surface area contributed by atoms with Gasteiger partial charge in [-0.15, -0.1) is 0 Å². The van der Waals surface area contributed by atoms with Gasteiger partial charge in [0.25, 0.3) is 0 Å². The minimum absolute atomic E-state index is 0. The molecule has 0 aliphatic carbocycles. The van der Waals surface area contributed by atoms with E-state index in [1.165, 1.54) is 5.56 Å². The Balaban J connectivity index is 0.000001000. The molecular formula is C9H12ClN. The van der Waals surface area contributed by atoms with Gasteiger partial charge in [0.1, 0.15) is 0 Å². The van der Waals surface area contributed by atoms with Gasteiger partial charge in [0, 0.05) is 12.1 Å². The van der Waals surface area contributed by atoms with Crippen LogP contribution in [0.1, 0.15) is 5.56 Å². The van der Waals surface area contributed by atoms with E-state index >= 15 is 0 Å². The van der Waals surface area contributed by atoms with Gasteiger partial charge in [0.2, 0.25) is 0 Å². The number of halogens is 1. The third kappa shape index (κ3) is 3.19. The Hall–Kier alpha value is -0.820. The first-order valence-electron chi connectivity index (χ1n) is 3.39. The molecule has 2 heteroatoms. The van der Waals surface area contributed by atoms with E-state index in [0.29, 0.717) is 0 Å². The van der Waals surface area contributed by atoms with Crippen molar-refractivity contribution in [1.82, 2.24) is 0 Å². The van der Waals surface area contributed by atoms with E-state index in [-0.39, 0.29) is 12.4 Å². The highest BCUT2D eigenvalue weighted by Crippen LogP contribution is 1.89. The molecule has 0 radical (unpaired) electrons. The van der Waals surface area contributed by atoms with Gasteiger partial charge in [-0.05, 0) is 18.6 Å². The second-order valence-corrected chi connectivity index (χ2v) is 2.36. The molecular weight excluding hydrogens is 158 g/mol. The lowest BCUT2D eigenvalue weighted by atomic mass is 10.3. The van der Waals surface area contributed by atoms with Crippen molar-refractivity contribution in [2.45, 2.75) is 13.5 Å². The Morgan fingerprint density at radius 2 is 2.00 bits per heavy atom. The van der Waals surface area contributed by atoms with Crippen molar-refractivity contribution >= 4 is 0 Å². The van der Waals surface area contributed by atoms with Crippen LogP contribution in [0.3, 0.4) is 0 Å². The molecule has 1 heterocycles. The van der Waals surface area contributed by atoms with E-state index in [9.17, 15) is 0 Å². The average Bonchev–Trinajstić information content (AvgIpc) is 1.95. The normalized spacial score (nSPS) is 8.45. The highest BCUT2D eigenvalue weighted by molar-refractivity contribution is 5.03. The van der Waals surface area contributed by atoms with Gasteiger partial charge in [-0.2, -0.15) is 0 Å². The minimum Gasteiger partial charge on any atom is -1.00 e. The SMILES string of the molecule is C=CC[n+]1ccc(C)cc1.[Cl-]. The fourth-order valence-corrected chi connectivity index (χ4v) is 0.803. The smallest absolute Gasteiger partial charge is 0.169 e. The zero-order valence-corrected chi connectivity index (χ0v) is 7.38. The third-order valence-electron chi connectivity index (χ3n) is 1.40. The molecule has 0 fully saturated rings. The highest BCUT2D eigenvalue weighted by atomic mass is 35.5. The number of rotatable bonds is 2. The number of allylic oxidation sites excluding steroid dienone is 1. The first kappa shape index (κ1) is 10.2. The molecule has 0 saturated heterocycles. The first-order valence-corrected chi connectivity index (χ1v) is 3.39. The van der Waals surface area contributed by atoms with Gasteiger partial charge in [0.15, 0.2) is 18.9 Å². The van der Waals surface area contributed by atoms with Crippen molar-refractivity contribution in [2.75, 3.05) is 0 Å². The topological polar surface area (TPSA) is 3.88 Å². The average molecular weight is 170 g/mol. The maximum Gasteiger partial charge on any atom is 0.169 e. The van der Waals surface area contributed by atoms with E-state index in [1.54, 1.807) is 0 Å². The molecule has 0 aromatic carbocycles. The lowest BCUT2D eigenvalue weighted by molar-refractivity contribution is -0.687. The van der Waals surface area contributed by atoms with Gasteiger partial charge in [-0.1, -0.05) is 6.58 Å². The molecule has 11 heavy (non-hydrogen) atoms. The van der Waals surface area contributed by atoms with Crippen molar-refractivity contribution in [3.05, 3.63) is 42.7 Å². The first-order chi connectivity index (χ1) is 4.83. The van der Waals surface area contributed by atoms with Crippen LogP contribution in [-0.2, 0) is 6.54 Å². The molecule has 1 aromatic rings. The van der Waals surface area contributed by atoms with Crippen molar-refractivity contribution < 1.29 is 17.0 Å². The fraction of sp³-hybridized carbons (Fsp3) is 0.222. The molecule has 0 bridgehead atoms. The summed E-state index contributed by atoms with van der Waals surface area (Å²) in [5, 5.41) is 0. The van der Waals surface area contributed by atoms with Crippen LogP contribution < -0.4 is 17.0 Å². The van der Waals surface area contributed by atoms with E-state index in [1.807, 2.05) is 6.08 Å². The van der Waals surface area contributed by atoms with Gasteiger partial charge in [-0.25, -0.2) is 4.57 Å². The summed E-state index contributed by atoms with van der Waals surface area (Å²) in [4.78, 5) is 0. The maximum atomic E-state index is 3.66. The van der Waals surface area contributed by atoms with Crippen LogP contribution in [0.5, 0.6) is 0 Å². The maximum absolute atomic E-state index is 3.66. The fourth-order valence-electron chi connectivity index (χ4n) is 0.803. The molecule has 1 nitrogen and oxygen atoms in total. The van der Waals surface area contributed by atoms with E-state index < -0.39 is 0 Å². The Kier molecular flexibility index (Phi) is 4.55. The molecule has 0 amide bonds. The summed E-state index contributed by atoms with van der Waals surface area (Å²) in [5.74, 6) is 0. The number of aryl methyl sites for hydroxylation is 1. The second-order valence-electron chi connectivity index (χ2n) is 2.36. The highest BCUT2D eigenvalue weighted by Gasteiger charge is 1.92. The van der Waals surface area contributed by atoms with Crippen molar-refractivity contribution in [2.24, 2.45) is 0 Å². The summed E-state index contributed by atoms with van der Waals surface area (Å²) in [7, 11) is 0. The molecule has 0 saturated carbocycles. The van der Waals surface area contributed by atoms with Crippen LogP contribution in [0, 0.1) is 6.92 Å². The largest absolute Gasteiger partial charge is 1.00 e. The molecule has 0 spiro atoms. The summed E-state index contributed by atoms with van der Waals surface area (Å²) in [6, 6.07) is 4.17. The van der Waals surface area contributed by atoms with E-state index in [2.05, 4.69) is 42.6 Å². The van der Waals surface area contributed by atoms with Crippen LogP contribution in [0.25, 0.3) is 0 Å². The lowest BCUT2D eigenvalue weighted by Gasteiger charge is -1.90. The van der Waals surface area contributed by atoms with Gasteiger partial charge < -0.3 is 12.4 Å². The van der Waals surface area contributed by atoms with Crippen LogP contribution in [0.2, 0.25) is 0 Å². The Bertz CT molecular complexity index is 216. The van der Waals surface area contributed by atoms with Crippen LogP contribution in [0.4, 0.5) is 0 Å². The zero-order valence-electron chi connectivity index (χ0n) is 6.63.